The van der Waals surface area contributed by atoms with Gasteiger partial charge in [0.2, 0.25) is 0 Å². The predicted molar refractivity (Wildman–Crippen MR) is 96.6 cm³/mol. The number of nitrogens with zero attached hydrogens (tertiary/aromatic N) is 2. The maximum atomic E-state index is 6.67. The number of hydrogen-bond acceptors (Lipinski definition) is 2. The lowest BCUT2D eigenvalue weighted by Crippen LogP contribution is -2.21. The Morgan fingerprint density at radius 2 is 1.78 bits per heavy atom. The van der Waals surface area contributed by atoms with Crippen LogP contribution in [0.3, 0.4) is 0 Å². The minimum atomic E-state index is 0.160. The van der Waals surface area contributed by atoms with Crippen molar-refractivity contribution in [2.75, 3.05) is 13.6 Å². The Kier molecular flexibility index (Phi) is 3.70. The number of para-hydroxylation sites is 1. The fraction of sp³-hybridized carbons (Fsp3) is 0.250. The largest absolute Gasteiger partial charge is 0.378 e. The molecule has 3 heteroatoms. The molecule has 0 saturated carbocycles. The predicted octanol–water partition coefficient (Wildman–Crippen LogP) is 5.08. The van der Waals surface area contributed by atoms with Gasteiger partial charge in [-0.1, -0.05) is 60.1 Å². The van der Waals surface area contributed by atoms with Crippen LogP contribution in [0.4, 0.5) is 5.69 Å². The summed E-state index contributed by atoms with van der Waals surface area (Å²) in [6.45, 7) is 1.09. The van der Waals surface area contributed by atoms with Crippen molar-refractivity contribution in [2.45, 2.75) is 18.8 Å². The number of allylic oxidation sites excluding steroid dienone is 2. The molecule has 0 aromatic heterocycles. The molecule has 2 aliphatic rings. The van der Waals surface area contributed by atoms with E-state index in [9.17, 15) is 0 Å². The number of halogens is 1. The minimum absolute atomic E-state index is 0.160. The third-order valence-electron chi connectivity index (χ3n) is 4.79. The molecule has 1 unspecified atom stereocenters. The van der Waals surface area contributed by atoms with Crippen molar-refractivity contribution >= 4 is 22.5 Å². The standard InChI is InChI=1S/C20H19ClN2/c1-23-13-7-12-17(23)19-18(14-8-3-2-4-9-14)15-10-5-6-11-16(15)22-20(19)21/h2-6,8-11,18H,7,12-13H2,1H3/b19-17-. The van der Waals surface area contributed by atoms with E-state index in [1.807, 2.05) is 12.1 Å². The minimum Gasteiger partial charge on any atom is -0.378 e. The highest BCUT2D eigenvalue weighted by Gasteiger charge is 2.32. The first kappa shape index (κ1) is 14.5. The van der Waals surface area contributed by atoms with Crippen molar-refractivity contribution in [2.24, 2.45) is 4.99 Å². The van der Waals surface area contributed by atoms with Crippen molar-refractivity contribution in [1.29, 1.82) is 0 Å². The molecule has 0 spiro atoms. The Labute approximate surface area is 142 Å². The molecule has 23 heavy (non-hydrogen) atoms. The Bertz CT molecular complexity index is 792. The Morgan fingerprint density at radius 1 is 1.04 bits per heavy atom. The lowest BCUT2D eigenvalue weighted by molar-refractivity contribution is 0.476. The van der Waals surface area contributed by atoms with Crippen LogP contribution >= 0.6 is 11.6 Å². The van der Waals surface area contributed by atoms with Crippen molar-refractivity contribution in [3.63, 3.8) is 0 Å². The van der Waals surface area contributed by atoms with E-state index in [1.54, 1.807) is 0 Å². The summed E-state index contributed by atoms with van der Waals surface area (Å²) in [6, 6.07) is 19.0. The van der Waals surface area contributed by atoms with Crippen LogP contribution in [0.5, 0.6) is 0 Å². The van der Waals surface area contributed by atoms with Gasteiger partial charge >= 0.3 is 0 Å². The highest BCUT2D eigenvalue weighted by atomic mass is 35.5. The van der Waals surface area contributed by atoms with Crippen molar-refractivity contribution < 1.29 is 0 Å². The summed E-state index contributed by atoms with van der Waals surface area (Å²) in [6.07, 6.45) is 2.26. The Balaban J connectivity index is 1.98. The van der Waals surface area contributed by atoms with E-state index in [-0.39, 0.29) is 5.92 Å². The number of aliphatic imine (C=N–C) groups is 1. The average molecular weight is 323 g/mol. The van der Waals surface area contributed by atoms with Gasteiger partial charge in [0, 0.05) is 30.8 Å². The molecule has 2 aromatic carbocycles. The lowest BCUT2D eigenvalue weighted by atomic mass is 9.81. The molecular formula is C20H19ClN2. The molecule has 0 radical (unpaired) electrons. The zero-order chi connectivity index (χ0) is 15.8. The highest BCUT2D eigenvalue weighted by molar-refractivity contribution is 6.70. The number of rotatable bonds is 1. The smallest absolute Gasteiger partial charge is 0.135 e. The fourth-order valence-corrected chi connectivity index (χ4v) is 4.01. The van der Waals surface area contributed by atoms with Crippen molar-refractivity contribution in [3.8, 4) is 0 Å². The third-order valence-corrected chi connectivity index (χ3v) is 5.08. The normalized spacial score (nSPS) is 23.7. The maximum Gasteiger partial charge on any atom is 0.135 e. The summed E-state index contributed by atoms with van der Waals surface area (Å²) in [4.78, 5) is 7.01. The molecule has 0 amide bonds. The van der Waals surface area contributed by atoms with Gasteiger partial charge in [-0.25, -0.2) is 4.99 Å². The first-order valence-corrected chi connectivity index (χ1v) is 8.46. The molecule has 2 aromatic rings. The molecule has 1 saturated heterocycles. The van der Waals surface area contributed by atoms with Crippen LogP contribution in [-0.2, 0) is 0 Å². The van der Waals surface area contributed by atoms with Crippen molar-refractivity contribution in [3.05, 3.63) is 77.0 Å². The van der Waals surface area contributed by atoms with Crippen LogP contribution in [0.2, 0.25) is 0 Å². The van der Waals surface area contributed by atoms with E-state index in [1.165, 1.54) is 28.8 Å². The second kappa shape index (κ2) is 5.86. The molecule has 0 aliphatic carbocycles. The molecule has 0 N–H and O–H groups in total. The molecule has 0 bridgehead atoms. The van der Waals surface area contributed by atoms with Gasteiger partial charge in [-0.15, -0.1) is 0 Å². The van der Waals surface area contributed by atoms with Crippen LogP contribution in [0, 0.1) is 0 Å². The van der Waals surface area contributed by atoms with E-state index in [2.05, 4.69) is 59.4 Å². The van der Waals surface area contributed by atoms with Crippen LogP contribution in [-0.4, -0.2) is 23.7 Å². The first-order valence-electron chi connectivity index (χ1n) is 8.08. The summed E-state index contributed by atoms with van der Waals surface area (Å²) in [5.41, 5.74) is 6.01. The number of hydrogen-bond donors (Lipinski definition) is 0. The van der Waals surface area contributed by atoms with Crippen LogP contribution < -0.4 is 0 Å². The zero-order valence-electron chi connectivity index (χ0n) is 13.2. The van der Waals surface area contributed by atoms with E-state index in [4.69, 9.17) is 11.6 Å². The lowest BCUT2D eigenvalue weighted by Gasteiger charge is -2.29. The van der Waals surface area contributed by atoms with E-state index in [0.717, 1.165) is 18.7 Å². The molecule has 1 fully saturated rings. The SMILES string of the molecule is CN1CCC/C1=C1/C(Cl)=Nc2ccccc2C1c1ccccc1. The monoisotopic (exact) mass is 322 g/mol. The van der Waals surface area contributed by atoms with Crippen LogP contribution in [0.25, 0.3) is 0 Å². The van der Waals surface area contributed by atoms with Gasteiger partial charge in [0.05, 0.1) is 5.69 Å². The van der Waals surface area contributed by atoms with Crippen molar-refractivity contribution in [1.82, 2.24) is 4.90 Å². The molecule has 2 aliphatic heterocycles. The quantitative estimate of drug-likeness (QED) is 0.714. The molecule has 116 valence electrons. The summed E-state index contributed by atoms with van der Waals surface area (Å²) in [5.74, 6) is 0.160. The van der Waals surface area contributed by atoms with Gasteiger partial charge in [0.1, 0.15) is 5.17 Å². The molecular weight excluding hydrogens is 304 g/mol. The van der Waals surface area contributed by atoms with Gasteiger partial charge in [-0.2, -0.15) is 0 Å². The molecule has 2 nitrogen and oxygen atoms in total. The van der Waals surface area contributed by atoms with Gasteiger partial charge in [-0.3, -0.25) is 0 Å². The van der Waals surface area contributed by atoms with E-state index < -0.39 is 0 Å². The van der Waals surface area contributed by atoms with E-state index >= 15 is 0 Å². The van der Waals surface area contributed by atoms with Crippen LogP contribution in [0.15, 0.2) is 70.9 Å². The number of benzene rings is 2. The summed E-state index contributed by atoms with van der Waals surface area (Å²) in [5, 5.41) is 0.640. The fourth-order valence-electron chi connectivity index (χ4n) is 3.70. The zero-order valence-corrected chi connectivity index (χ0v) is 13.9. The Morgan fingerprint density at radius 3 is 2.52 bits per heavy atom. The summed E-state index contributed by atoms with van der Waals surface area (Å²) >= 11 is 6.67. The van der Waals surface area contributed by atoms with E-state index in [0.29, 0.717) is 5.17 Å². The number of fused-ring (bicyclic) bond motifs is 1. The maximum absolute atomic E-state index is 6.67. The van der Waals surface area contributed by atoms with Gasteiger partial charge in [0.15, 0.2) is 0 Å². The summed E-state index contributed by atoms with van der Waals surface area (Å²) in [7, 11) is 2.15. The second-order valence-electron chi connectivity index (χ2n) is 6.19. The van der Waals surface area contributed by atoms with Gasteiger partial charge < -0.3 is 4.90 Å². The molecule has 1 atom stereocenters. The summed E-state index contributed by atoms with van der Waals surface area (Å²) < 4.78 is 0. The van der Waals surface area contributed by atoms with Gasteiger partial charge in [-0.05, 0) is 30.0 Å². The Hall–Kier alpha value is -2.06. The topological polar surface area (TPSA) is 15.6 Å². The molecule has 2 heterocycles. The molecule has 4 rings (SSSR count). The average Bonchev–Trinajstić information content (AvgIpc) is 3.00. The second-order valence-corrected chi connectivity index (χ2v) is 6.55. The first-order chi connectivity index (χ1) is 11.3. The third kappa shape index (κ3) is 2.47. The number of likely N-dealkylation sites (tertiary alicyclic amines) is 1. The highest BCUT2D eigenvalue weighted by Crippen LogP contribution is 2.45. The van der Waals surface area contributed by atoms with Crippen LogP contribution in [0.1, 0.15) is 29.9 Å². The van der Waals surface area contributed by atoms with Gasteiger partial charge in [0.25, 0.3) is 0 Å².